The number of halogens is 1. The highest BCUT2D eigenvalue weighted by molar-refractivity contribution is 7.93. The number of carbonyl (C=O) groups excluding carboxylic acids is 1. The Morgan fingerprint density at radius 2 is 1.63 bits per heavy atom. The number of sulfonamides is 1. The van der Waals surface area contributed by atoms with Crippen LogP contribution in [0.5, 0.6) is 0 Å². The van der Waals surface area contributed by atoms with E-state index in [0.717, 1.165) is 21.8 Å². The summed E-state index contributed by atoms with van der Waals surface area (Å²) in [4.78, 5) is 21.6. The van der Waals surface area contributed by atoms with Crippen LogP contribution >= 0.6 is 11.6 Å². The summed E-state index contributed by atoms with van der Waals surface area (Å²) in [6.07, 6.45) is 0. The van der Waals surface area contributed by atoms with Gasteiger partial charge in [0.25, 0.3) is 15.7 Å². The molecule has 0 aliphatic carbocycles. The Morgan fingerprint density at radius 1 is 1.00 bits per heavy atom. The van der Waals surface area contributed by atoms with Crippen LogP contribution in [0, 0.1) is 10.1 Å². The molecule has 138 valence electrons. The molecule has 0 aromatic heterocycles. The maximum Gasteiger partial charge on any atom is 0.289 e. The van der Waals surface area contributed by atoms with E-state index in [1.54, 1.807) is 36.4 Å². The number of fused-ring (bicyclic) bond motifs is 1. The Bertz CT molecular complexity index is 1140. The molecule has 3 aromatic carbocycles. The highest BCUT2D eigenvalue weighted by atomic mass is 35.5. The first kappa shape index (κ1) is 18.8. The lowest BCUT2D eigenvalue weighted by Gasteiger charge is -2.24. The molecule has 0 spiro atoms. The molecule has 0 aliphatic heterocycles. The van der Waals surface area contributed by atoms with Crippen LogP contribution in [0.2, 0.25) is 0 Å². The fourth-order valence-electron chi connectivity index (χ4n) is 2.78. The van der Waals surface area contributed by atoms with Crippen LogP contribution < -0.4 is 4.31 Å². The van der Waals surface area contributed by atoms with Gasteiger partial charge in [-0.1, -0.05) is 48.5 Å². The van der Waals surface area contributed by atoms with E-state index in [4.69, 9.17) is 11.6 Å². The van der Waals surface area contributed by atoms with Gasteiger partial charge in [-0.25, -0.2) is 8.42 Å². The van der Waals surface area contributed by atoms with Gasteiger partial charge in [0.1, 0.15) is 6.54 Å². The van der Waals surface area contributed by atoms with Gasteiger partial charge in [-0.3, -0.25) is 19.2 Å². The number of carbonyl (C=O) groups is 1. The summed E-state index contributed by atoms with van der Waals surface area (Å²) in [7, 11) is -4.43. The molecule has 0 saturated heterocycles. The van der Waals surface area contributed by atoms with Gasteiger partial charge < -0.3 is 0 Å². The van der Waals surface area contributed by atoms with Crippen molar-refractivity contribution in [3.63, 3.8) is 0 Å². The van der Waals surface area contributed by atoms with Crippen LogP contribution in [-0.4, -0.2) is 25.1 Å². The summed E-state index contributed by atoms with van der Waals surface area (Å²) in [6.45, 7) is -0.663. The number of anilines is 1. The molecule has 0 fully saturated rings. The van der Waals surface area contributed by atoms with Crippen LogP contribution in [0.3, 0.4) is 0 Å². The topological polar surface area (TPSA) is 97.6 Å². The summed E-state index contributed by atoms with van der Waals surface area (Å²) in [5.74, 6) is 0. The average Bonchev–Trinajstić information content (AvgIpc) is 2.65. The number of nitro benzene ring substituents is 1. The van der Waals surface area contributed by atoms with Crippen molar-refractivity contribution in [3.05, 3.63) is 76.8 Å². The third-order valence-corrected chi connectivity index (χ3v) is 5.86. The molecule has 0 heterocycles. The summed E-state index contributed by atoms with van der Waals surface area (Å²) in [5, 5.41) is 11.7. The van der Waals surface area contributed by atoms with Gasteiger partial charge in [0.15, 0.2) is 4.90 Å². The molecule has 3 rings (SSSR count). The Labute approximate surface area is 160 Å². The third-order valence-electron chi connectivity index (χ3n) is 3.93. The van der Waals surface area contributed by atoms with E-state index in [-0.39, 0.29) is 5.69 Å². The van der Waals surface area contributed by atoms with Gasteiger partial charge in [-0.2, -0.15) is 0 Å². The van der Waals surface area contributed by atoms with Gasteiger partial charge in [0.05, 0.1) is 10.6 Å². The fourth-order valence-corrected chi connectivity index (χ4v) is 4.57. The van der Waals surface area contributed by atoms with Crippen molar-refractivity contribution < 1.29 is 18.1 Å². The summed E-state index contributed by atoms with van der Waals surface area (Å²) in [5.41, 5.74) is -0.370. The van der Waals surface area contributed by atoms with Crippen molar-refractivity contribution >= 4 is 49.0 Å². The normalized spacial score (nSPS) is 11.3. The zero-order valence-electron chi connectivity index (χ0n) is 13.8. The van der Waals surface area contributed by atoms with Gasteiger partial charge in [-0.05, 0) is 29.1 Å². The molecule has 27 heavy (non-hydrogen) atoms. The maximum absolute atomic E-state index is 13.2. The van der Waals surface area contributed by atoms with E-state index >= 15 is 0 Å². The van der Waals surface area contributed by atoms with Gasteiger partial charge in [0, 0.05) is 11.5 Å². The van der Waals surface area contributed by atoms with Crippen molar-refractivity contribution in [3.8, 4) is 0 Å². The van der Waals surface area contributed by atoms with Gasteiger partial charge >= 0.3 is 0 Å². The molecule has 3 aromatic rings. The highest BCUT2D eigenvalue weighted by Crippen LogP contribution is 2.33. The van der Waals surface area contributed by atoms with Crippen molar-refractivity contribution in [2.75, 3.05) is 10.8 Å². The molecule has 0 aliphatic rings. The maximum atomic E-state index is 13.2. The molecule has 0 atom stereocenters. The zero-order valence-corrected chi connectivity index (χ0v) is 15.4. The number of para-hydroxylation sites is 1. The largest absolute Gasteiger partial charge is 0.289 e. The predicted molar refractivity (Wildman–Crippen MR) is 102 cm³/mol. The minimum Gasteiger partial charge on any atom is -0.279 e. The average molecular weight is 405 g/mol. The molecule has 0 unspecified atom stereocenters. The molecular formula is C18H13ClN2O5S. The van der Waals surface area contributed by atoms with Crippen LogP contribution in [0.25, 0.3) is 10.8 Å². The SMILES string of the molecule is O=C(Cl)CN(c1cccc2ccccc12)S(=O)(=O)c1ccccc1[N+](=O)[O-]. The number of hydrogen-bond donors (Lipinski definition) is 0. The summed E-state index contributed by atoms with van der Waals surface area (Å²) in [6, 6.07) is 16.9. The molecule has 0 bridgehead atoms. The summed E-state index contributed by atoms with van der Waals surface area (Å²) < 4.78 is 27.3. The molecule has 0 amide bonds. The first-order valence-electron chi connectivity index (χ1n) is 7.74. The lowest BCUT2D eigenvalue weighted by molar-refractivity contribution is -0.387. The number of rotatable bonds is 6. The number of hydrogen-bond acceptors (Lipinski definition) is 5. The van der Waals surface area contributed by atoms with Crippen molar-refractivity contribution in [1.29, 1.82) is 0 Å². The number of benzene rings is 3. The third kappa shape index (κ3) is 3.62. The lowest BCUT2D eigenvalue weighted by atomic mass is 10.1. The van der Waals surface area contributed by atoms with Gasteiger partial charge in [-0.15, -0.1) is 0 Å². The second-order valence-corrected chi connectivity index (χ2v) is 7.84. The predicted octanol–water partition coefficient (Wildman–Crippen LogP) is 3.71. The molecule has 0 N–H and O–H groups in total. The minimum atomic E-state index is -4.43. The Balaban J connectivity index is 2.27. The van der Waals surface area contributed by atoms with E-state index in [9.17, 15) is 23.3 Å². The van der Waals surface area contributed by atoms with E-state index in [1.807, 2.05) is 0 Å². The molecule has 9 heteroatoms. The van der Waals surface area contributed by atoms with Crippen molar-refractivity contribution in [1.82, 2.24) is 0 Å². The molecule has 0 radical (unpaired) electrons. The Morgan fingerprint density at radius 3 is 2.33 bits per heavy atom. The van der Waals surface area contributed by atoms with E-state index < -0.39 is 37.3 Å². The van der Waals surface area contributed by atoms with Crippen molar-refractivity contribution in [2.24, 2.45) is 0 Å². The monoisotopic (exact) mass is 404 g/mol. The van der Waals surface area contributed by atoms with Gasteiger partial charge in [0.2, 0.25) is 5.24 Å². The molecule has 0 saturated carbocycles. The zero-order chi connectivity index (χ0) is 19.6. The lowest BCUT2D eigenvalue weighted by Crippen LogP contribution is -2.35. The second kappa shape index (κ2) is 7.34. The van der Waals surface area contributed by atoms with E-state index in [0.29, 0.717) is 5.39 Å². The van der Waals surface area contributed by atoms with E-state index in [1.165, 1.54) is 18.2 Å². The van der Waals surface area contributed by atoms with Crippen LogP contribution in [0.15, 0.2) is 71.6 Å². The quantitative estimate of drug-likeness (QED) is 0.354. The Hall–Kier alpha value is -2.97. The molecular weight excluding hydrogens is 392 g/mol. The van der Waals surface area contributed by atoms with E-state index in [2.05, 4.69) is 0 Å². The number of nitro groups is 1. The number of nitrogens with zero attached hydrogens (tertiary/aromatic N) is 2. The summed E-state index contributed by atoms with van der Waals surface area (Å²) >= 11 is 5.49. The smallest absolute Gasteiger partial charge is 0.279 e. The first-order chi connectivity index (χ1) is 12.8. The second-order valence-electron chi connectivity index (χ2n) is 5.59. The minimum absolute atomic E-state index is 0.209. The fraction of sp³-hybridized carbons (Fsp3) is 0.0556. The van der Waals surface area contributed by atoms with Crippen LogP contribution in [-0.2, 0) is 14.8 Å². The Kier molecular flexibility index (Phi) is 5.11. The van der Waals surface area contributed by atoms with Crippen LogP contribution in [0.1, 0.15) is 0 Å². The molecule has 7 nitrogen and oxygen atoms in total. The van der Waals surface area contributed by atoms with Crippen LogP contribution in [0.4, 0.5) is 11.4 Å². The van der Waals surface area contributed by atoms with Crippen molar-refractivity contribution in [2.45, 2.75) is 4.90 Å². The first-order valence-corrected chi connectivity index (χ1v) is 9.56. The standard InChI is InChI=1S/C18H13ClN2O5S/c19-18(22)12-20(15-10-5-7-13-6-1-2-8-14(13)15)27(25,26)17-11-4-3-9-16(17)21(23)24/h1-11H,12H2. The highest BCUT2D eigenvalue weighted by Gasteiger charge is 2.33.